The highest BCUT2D eigenvalue weighted by molar-refractivity contribution is 6.42. The Labute approximate surface area is 110 Å². The summed E-state index contributed by atoms with van der Waals surface area (Å²) in [5.74, 6) is -0.438. The van der Waals surface area contributed by atoms with Gasteiger partial charge in [-0.3, -0.25) is 9.59 Å². The summed E-state index contributed by atoms with van der Waals surface area (Å²) < 4.78 is 4.96. The van der Waals surface area contributed by atoms with Gasteiger partial charge in [0.25, 0.3) is 0 Å². The van der Waals surface area contributed by atoms with E-state index in [-0.39, 0.29) is 6.42 Å². The first-order valence-corrected chi connectivity index (χ1v) is 5.86. The lowest BCUT2D eigenvalue weighted by Crippen LogP contribution is -2.12. The van der Waals surface area contributed by atoms with Crippen LogP contribution in [0.15, 0.2) is 18.2 Å². The van der Waals surface area contributed by atoms with Gasteiger partial charge >= 0.3 is 5.97 Å². The van der Waals surface area contributed by atoms with Crippen LogP contribution in [0.4, 0.5) is 0 Å². The van der Waals surface area contributed by atoms with Gasteiger partial charge in [0, 0.05) is 12.0 Å². The summed E-state index contributed by atoms with van der Waals surface area (Å²) >= 11 is 11.6. The van der Waals surface area contributed by atoms with Crippen LogP contribution in [0.2, 0.25) is 10.0 Å². The molecule has 0 N–H and O–H groups in total. The van der Waals surface area contributed by atoms with Gasteiger partial charge in [-0.15, -0.1) is 0 Å². The molecule has 5 heteroatoms. The predicted octanol–water partition coefficient (Wildman–Crippen LogP) is 3.49. The average Bonchev–Trinajstić information content (AvgIpc) is 2.30. The lowest BCUT2D eigenvalue weighted by molar-refractivity contribution is -0.146. The normalized spacial score (nSPS) is 11.9. The zero-order chi connectivity index (χ0) is 12.8. The highest BCUT2D eigenvalue weighted by Gasteiger charge is 2.17. The Morgan fingerprint density at radius 1 is 1.41 bits per heavy atom. The fraction of sp³-hybridized carbons (Fsp3) is 0.333. The first kappa shape index (κ1) is 14.0. The second kappa shape index (κ2) is 6.62. The summed E-state index contributed by atoms with van der Waals surface area (Å²) in [5.41, 5.74) is 0.457. The fourth-order valence-electron chi connectivity index (χ4n) is 1.23. The monoisotopic (exact) mass is 273 g/mol. The molecule has 1 atom stereocenters. The molecule has 0 aliphatic rings. The van der Waals surface area contributed by atoms with Crippen LogP contribution in [0.5, 0.6) is 0 Å². The first-order chi connectivity index (χ1) is 8.08. The molecule has 1 unspecified atom stereocenters. The summed E-state index contributed by atoms with van der Waals surface area (Å²) in [6, 6.07) is 4.60. The topological polar surface area (TPSA) is 43.4 Å². The van der Waals surface area contributed by atoms with E-state index in [1.54, 1.807) is 12.4 Å². The lowest BCUT2D eigenvalue weighted by Gasteiger charge is -2.12. The van der Waals surface area contributed by atoms with E-state index in [0.717, 1.165) is 0 Å². The van der Waals surface area contributed by atoms with Gasteiger partial charge in [0.05, 0.1) is 10.0 Å². The largest absolute Gasteiger partial charge is 0.449 e. The van der Waals surface area contributed by atoms with E-state index in [2.05, 4.69) is 0 Å². The SMILES string of the molecule is CCCC(=O)OC([C]=O)c1ccc(Cl)c(Cl)c1. The summed E-state index contributed by atoms with van der Waals surface area (Å²) in [5, 5.41) is 0.677. The Balaban J connectivity index is 2.82. The molecule has 1 rings (SSSR count). The smallest absolute Gasteiger partial charge is 0.306 e. The van der Waals surface area contributed by atoms with E-state index in [9.17, 15) is 9.59 Å². The molecule has 17 heavy (non-hydrogen) atoms. The lowest BCUT2D eigenvalue weighted by atomic mass is 10.1. The number of hydrogen-bond acceptors (Lipinski definition) is 3. The van der Waals surface area contributed by atoms with Crippen LogP contribution in [0.1, 0.15) is 31.4 Å². The van der Waals surface area contributed by atoms with Crippen molar-refractivity contribution in [3.63, 3.8) is 0 Å². The standard InChI is InChI=1S/C12H11Cl2O3/c1-2-3-12(16)17-11(7-15)8-4-5-9(13)10(14)6-8/h4-6,11H,2-3H2,1H3. The van der Waals surface area contributed by atoms with E-state index in [1.165, 1.54) is 12.1 Å². The number of benzene rings is 1. The van der Waals surface area contributed by atoms with Crippen LogP contribution in [0, 0.1) is 0 Å². The minimum Gasteiger partial charge on any atom is -0.449 e. The van der Waals surface area contributed by atoms with Gasteiger partial charge in [-0.2, -0.15) is 0 Å². The number of halogens is 2. The summed E-state index contributed by atoms with van der Waals surface area (Å²) in [4.78, 5) is 22.0. The maximum Gasteiger partial charge on any atom is 0.306 e. The minimum absolute atomic E-state index is 0.263. The zero-order valence-electron chi connectivity index (χ0n) is 9.20. The molecule has 0 aliphatic carbocycles. The first-order valence-electron chi connectivity index (χ1n) is 5.10. The van der Waals surface area contributed by atoms with Crippen molar-refractivity contribution in [3.05, 3.63) is 33.8 Å². The van der Waals surface area contributed by atoms with E-state index >= 15 is 0 Å². The Morgan fingerprint density at radius 3 is 2.65 bits per heavy atom. The van der Waals surface area contributed by atoms with Gasteiger partial charge in [-0.25, -0.2) is 0 Å². The van der Waals surface area contributed by atoms with Crippen LogP contribution in [-0.2, 0) is 14.3 Å². The third-order valence-corrected chi connectivity index (χ3v) is 2.80. The van der Waals surface area contributed by atoms with Crippen LogP contribution in [0.3, 0.4) is 0 Å². The summed E-state index contributed by atoms with van der Waals surface area (Å²) in [6.07, 6.45) is 1.53. The number of carbonyl (C=O) groups is 1. The van der Waals surface area contributed by atoms with Crippen molar-refractivity contribution in [3.8, 4) is 0 Å². The molecule has 1 radical (unpaired) electrons. The molecule has 0 amide bonds. The van der Waals surface area contributed by atoms with Gasteiger partial charge < -0.3 is 4.74 Å². The van der Waals surface area contributed by atoms with Crippen molar-refractivity contribution in [2.24, 2.45) is 0 Å². The average molecular weight is 274 g/mol. The molecule has 0 aromatic heterocycles. The Hall–Kier alpha value is -1.06. The van der Waals surface area contributed by atoms with Crippen LogP contribution in [0.25, 0.3) is 0 Å². The van der Waals surface area contributed by atoms with Crippen molar-refractivity contribution in [1.82, 2.24) is 0 Å². The second-order valence-corrected chi connectivity index (χ2v) is 4.23. The number of rotatable bonds is 5. The van der Waals surface area contributed by atoms with Gasteiger partial charge in [-0.1, -0.05) is 36.2 Å². The number of hydrogen-bond donors (Lipinski definition) is 0. The van der Waals surface area contributed by atoms with E-state index < -0.39 is 12.1 Å². The highest BCUT2D eigenvalue weighted by atomic mass is 35.5. The number of esters is 1. The quantitative estimate of drug-likeness (QED) is 0.772. The molecule has 0 aliphatic heterocycles. The predicted molar refractivity (Wildman–Crippen MR) is 65.9 cm³/mol. The molecular formula is C12H11Cl2O3. The number of ether oxygens (including phenoxy) is 1. The maximum atomic E-state index is 11.3. The molecule has 1 aromatic carbocycles. The van der Waals surface area contributed by atoms with Crippen molar-refractivity contribution >= 4 is 35.5 Å². The highest BCUT2D eigenvalue weighted by Crippen LogP contribution is 2.26. The van der Waals surface area contributed by atoms with E-state index in [1.807, 2.05) is 6.92 Å². The Morgan fingerprint density at radius 2 is 2.12 bits per heavy atom. The molecule has 0 fully saturated rings. The Bertz CT molecular complexity index is 418. The molecule has 0 spiro atoms. The number of carbonyl (C=O) groups excluding carboxylic acids is 2. The molecule has 3 nitrogen and oxygen atoms in total. The summed E-state index contributed by atoms with van der Waals surface area (Å²) in [6.45, 7) is 1.85. The van der Waals surface area contributed by atoms with Gasteiger partial charge in [0.15, 0.2) is 6.10 Å². The molecule has 0 saturated heterocycles. The van der Waals surface area contributed by atoms with E-state index in [4.69, 9.17) is 27.9 Å². The zero-order valence-corrected chi connectivity index (χ0v) is 10.7. The third kappa shape index (κ3) is 4.02. The van der Waals surface area contributed by atoms with Crippen molar-refractivity contribution in [2.75, 3.05) is 0 Å². The van der Waals surface area contributed by atoms with Crippen molar-refractivity contribution < 1.29 is 14.3 Å². The van der Waals surface area contributed by atoms with Gasteiger partial charge in [0.2, 0.25) is 6.29 Å². The minimum atomic E-state index is -1.05. The van der Waals surface area contributed by atoms with Crippen molar-refractivity contribution in [2.45, 2.75) is 25.9 Å². The van der Waals surface area contributed by atoms with Crippen LogP contribution < -0.4 is 0 Å². The molecular weight excluding hydrogens is 263 g/mol. The Kier molecular flexibility index (Phi) is 5.45. The second-order valence-electron chi connectivity index (χ2n) is 3.41. The molecule has 0 heterocycles. The van der Waals surface area contributed by atoms with Gasteiger partial charge in [-0.05, 0) is 18.6 Å². The molecule has 91 valence electrons. The van der Waals surface area contributed by atoms with E-state index in [0.29, 0.717) is 22.0 Å². The van der Waals surface area contributed by atoms with Crippen LogP contribution >= 0.6 is 23.2 Å². The fourth-order valence-corrected chi connectivity index (χ4v) is 1.54. The summed E-state index contributed by atoms with van der Waals surface area (Å²) in [7, 11) is 0. The van der Waals surface area contributed by atoms with Crippen molar-refractivity contribution in [1.29, 1.82) is 0 Å². The molecule has 0 saturated carbocycles. The molecule has 1 aromatic rings. The molecule has 0 bridgehead atoms. The van der Waals surface area contributed by atoms with Crippen LogP contribution in [-0.4, -0.2) is 12.3 Å². The maximum absolute atomic E-state index is 11.3. The third-order valence-electron chi connectivity index (χ3n) is 2.06. The van der Waals surface area contributed by atoms with Gasteiger partial charge in [0.1, 0.15) is 0 Å².